The Morgan fingerprint density at radius 3 is 2.50 bits per heavy atom. The molecule has 0 bridgehead atoms. The highest BCUT2D eigenvalue weighted by Gasteiger charge is 2.23. The van der Waals surface area contributed by atoms with Gasteiger partial charge < -0.3 is 0 Å². The molecule has 2 aliphatic carbocycles. The predicted molar refractivity (Wildman–Crippen MR) is 52.9 cm³/mol. The summed E-state index contributed by atoms with van der Waals surface area (Å²) in [6.07, 6.45) is 15.0. The number of hydrogen-bond donors (Lipinski definition) is 0. The van der Waals surface area contributed by atoms with Gasteiger partial charge in [-0.05, 0) is 30.6 Å². The smallest absolute Gasteiger partial charge is 0.0170 e. The third-order valence-electron chi connectivity index (χ3n) is 3.16. The lowest BCUT2D eigenvalue weighted by Gasteiger charge is -2.19. The van der Waals surface area contributed by atoms with Gasteiger partial charge in [-0.15, -0.1) is 0 Å². The van der Waals surface area contributed by atoms with Gasteiger partial charge in [-0.25, -0.2) is 0 Å². The fraction of sp³-hybridized carbons (Fsp3) is 0.667. The van der Waals surface area contributed by atoms with Gasteiger partial charge in [0.2, 0.25) is 0 Å². The minimum Gasteiger partial charge on any atom is -0.0811 e. The molecule has 0 heteroatoms. The van der Waals surface area contributed by atoms with Crippen LogP contribution in [-0.4, -0.2) is 0 Å². The van der Waals surface area contributed by atoms with Gasteiger partial charge in [-0.2, -0.15) is 0 Å². The molecule has 0 aromatic carbocycles. The van der Waals surface area contributed by atoms with Crippen molar-refractivity contribution in [2.45, 2.75) is 32.6 Å². The highest BCUT2D eigenvalue weighted by Crippen LogP contribution is 2.36. The van der Waals surface area contributed by atoms with Crippen molar-refractivity contribution in [2.24, 2.45) is 17.8 Å². The summed E-state index contributed by atoms with van der Waals surface area (Å²) in [6.45, 7) is 2.33. The van der Waals surface area contributed by atoms with Crippen LogP contribution in [0.5, 0.6) is 0 Å². The van der Waals surface area contributed by atoms with Gasteiger partial charge in [0.15, 0.2) is 0 Å². The zero-order chi connectivity index (χ0) is 8.39. The van der Waals surface area contributed by atoms with E-state index in [1.54, 1.807) is 0 Å². The molecule has 0 amide bonds. The van der Waals surface area contributed by atoms with Gasteiger partial charge >= 0.3 is 0 Å². The van der Waals surface area contributed by atoms with E-state index in [-0.39, 0.29) is 0 Å². The average Bonchev–Trinajstić information content (AvgIpc) is 2.86. The van der Waals surface area contributed by atoms with Crippen molar-refractivity contribution in [2.75, 3.05) is 0 Å². The van der Waals surface area contributed by atoms with Crippen molar-refractivity contribution in [1.82, 2.24) is 0 Å². The van der Waals surface area contributed by atoms with Crippen LogP contribution < -0.4 is 0 Å². The molecular weight excluding hydrogens is 144 g/mol. The molecule has 2 unspecified atom stereocenters. The largest absolute Gasteiger partial charge is 0.0811 e. The van der Waals surface area contributed by atoms with Crippen molar-refractivity contribution in [3.05, 3.63) is 24.3 Å². The van der Waals surface area contributed by atoms with Crippen molar-refractivity contribution in [3.8, 4) is 0 Å². The van der Waals surface area contributed by atoms with Crippen LogP contribution in [0.2, 0.25) is 0 Å². The molecule has 2 atom stereocenters. The third-order valence-corrected chi connectivity index (χ3v) is 3.16. The third kappa shape index (κ3) is 2.00. The molecule has 2 rings (SSSR count). The van der Waals surface area contributed by atoms with Crippen molar-refractivity contribution in [3.63, 3.8) is 0 Å². The minimum atomic E-state index is 0.772. The zero-order valence-electron chi connectivity index (χ0n) is 7.87. The van der Waals surface area contributed by atoms with Gasteiger partial charge in [-0.3, -0.25) is 0 Å². The highest BCUT2D eigenvalue weighted by molar-refractivity contribution is 5.13. The topological polar surface area (TPSA) is 0 Å². The van der Waals surface area contributed by atoms with E-state index in [1.807, 2.05) is 0 Å². The molecule has 0 N–H and O–H groups in total. The number of allylic oxidation sites excluding steroid dienone is 4. The highest BCUT2D eigenvalue weighted by atomic mass is 14.3. The van der Waals surface area contributed by atoms with E-state index in [2.05, 4.69) is 31.2 Å². The van der Waals surface area contributed by atoms with Gasteiger partial charge in [0.05, 0.1) is 0 Å². The predicted octanol–water partition coefficient (Wildman–Crippen LogP) is 3.55. The summed E-state index contributed by atoms with van der Waals surface area (Å²) in [7, 11) is 0. The molecule has 2 aliphatic rings. The fourth-order valence-corrected chi connectivity index (χ4v) is 1.96. The summed E-state index contributed by atoms with van der Waals surface area (Å²) in [4.78, 5) is 0. The van der Waals surface area contributed by atoms with Crippen LogP contribution in [-0.2, 0) is 0 Å². The van der Waals surface area contributed by atoms with Crippen LogP contribution in [0.1, 0.15) is 32.6 Å². The van der Waals surface area contributed by atoms with E-state index in [9.17, 15) is 0 Å². The molecular formula is C12H18. The first kappa shape index (κ1) is 8.10. The van der Waals surface area contributed by atoms with Gasteiger partial charge in [0, 0.05) is 0 Å². The Kier molecular flexibility index (Phi) is 2.34. The summed E-state index contributed by atoms with van der Waals surface area (Å²) in [6, 6.07) is 0. The quantitative estimate of drug-likeness (QED) is 0.595. The Bertz CT molecular complexity index is 196. The normalized spacial score (nSPS) is 34.1. The molecule has 0 spiro atoms. The molecule has 12 heavy (non-hydrogen) atoms. The first-order chi connectivity index (χ1) is 5.86. The molecule has 66 valence electrons. The lowest BCUT2D eigenvalue weighted by molar-refractivity contribution is 0.443. The van der Waals surface area contributed by atoms with E-state index in [0.29, 0.717) is 0 Å². The Balaban J connectivity index is 1.77. The van der Waals surface area contributed by atoms with Gasteiger partial charge in [-0.1, -0.05) is 44.1 Å². The van der Waals surface area contributed by atoms with Gasteiger partial charge in [0.1, 0.15) is 0 Å². The summed E-state index contributed by atoms with van der Waals surface area (Å²) in [5.74, 6) is 2.70. The first-order valence-corrected chi connectivity index (χ1v) is 5.21. The Morgan fingerprint density at radius 1 is 1.08 bits per heavy atom. The van der Waals surface area contributed by atoms with E-state index in [1.165, 1.54) is 25.7 Å². The summed E-state index contributed by atoms with van der Waals surface area (Å²) >= 11 is 0. The SMILES string of the molecule is CC1C=CC=CC1CCC1CC1. The maximum Gasteiger partial charge on any atom is -0.0170 e. The summed E-state index contributed by atoms with van der Waals surface area (Å²) in [5.41, 5.74) is 0. The zero-order valence-corrected chi connectivity index (χ0v) is 7.87. The van der Waals surface area contributed by atoms with Crippen LogP contribution in [0.15, 0.2) is 24.3 Å². The van der Waals surface area contributed by atoms with E-state index >= 15 is 0 Å². The fourth-order valence-electron chi connectivity index (χ4n) is 1.96. The van der Waals surface area contributed by atoms with Crippen LogP contribution in [0.3, 0.4) is 0 Å². The molecule has 0 aromatic heterocycles. The average molecular weight is 162 g/mol. The van der Waals surface area contributed by atoms with Crippen LogP contribution in [0.4, 0.5) is 0 Å². The van der Waals surface area contributed by atoms with Crippen molar-refractivity contribution >= 4 is 0 Å². The van der Waals surface area contributed by atoms with Crippen LogP contribution in [0.25, 0.3) is 0 Å². The molecule has 1 saturated carbocycles. The minimum absolute atomic E-state index is 0.772. The Hall–Kier alpha value is -0.520. The van der Waals surface area contributed by atoms with Gasteiger partial charge in [0.25, 0.3) is 0 Å². The maximum absolute atomic E-state index is 2.38. The molecule has 0 radical (unpaired) electrons. The Morgan fingerprint density at radius 2 is 1.83 bits per heavy atom. The second-order valence-electron chi connectivity index (χ2n) is 4.31. The van der Waals surface area contributed by atoms with Crippen molar-refractivity contribution in [1.29, 1.82) is 0 Å². The van der Waals surface area contributed by atoms with E-state index in [4.69, 9.17) is 0 Å². The second-order valence-corrected chi connectivity index (χ2v) is 4.31. The van der Waals surface area contributed by atoms with Crippen molar-refractivity contribution < 1.29 is 0 Å². The molecule has 0 heterocycles. The van der Waals surface area contributed by atoms with Crippen LogP contribution in [0, 0.1) is 17.8 Å². The Labute approximate surface area is 75.4 Å². The molecule has 0 aromatic rings. The number of hydrogen-bond acceptors (Lipinski definition) is 0. The summed E-state index contributed by atoms with van der Waals surface area (Å²) < 4.78 is 0. The molecule has 0 aliphatic heterocycles. The lowest BCUT2D eigenvalue weighted by atomic mass is 9.86. The summed E-state index contributed by atoms with van der Waals surface area (Å²) in [5, 5.41) is 0. The molecule has 0 nitrogen and oxygen atoms in total. The number of rotatable bonds is 3. The molecule has 0 saturated heterocycles. The van der Waals surface area contributed by atoms with Crippen LogP contribution >= 0.6 is 0 Å². The first-order valence-electron chi connectivity index (χ1n) is 5.21. The molecule has 1 fully saturated rings. The maximum atomic E-state index is 2.38. The van der Waals surface area contributed by atoms with E-state index in [0.717, 1.165) is 17.8 Å². The standard InChI is InChI=1S/C12H18/c1-10-4-2-3-5-12(10)9-8-11-6-7-11/h2-5,10-12H,6-9H2,1H3. The second kappa shape index (κ2) is 3.47. The van der Waals surface area contributed by atoms with E-state index < -0.39 is 0 Å². The monoisotopic (exact) mass is 162 g/mol. The lowest BCUT2D eigenvalue weighted by Crippen LogP contribution is -2.09.